The number of nitriles is 1. The Bertz CT molecular complexity index is 1250. The molecule has 0 bridgehead atoms. The second kappa shape index (κ2) is 7.98. The molecule has 0 spiro atoms. The molecule has 2 aromatic heterocycles. The number of pyridine rings is 1. The van der Waals surface area contributed by atoms with Crippen molar-refractivity contribution in [3.8, 4) is 6.07 Å². The highest BCUT2D eigenvalue weighted by Crippen LogP contribution is 2.48. The van der Waals surface area contributed by atoms with E-state index in [1.54, 1.807) is 29.1 Å². The lowest BCUT2D eigenvalue weighted by atomic mass is 9.95. The molecule has 2 heterocycles. The van der Waals surface area contributed by atoms with Crippen LogP contribution in [0, 0.1) is 17.2 Å². The lowest BCUT2D eigenvalue weighted by molar-refractivity contribution is -0.265. The summed E-state index contributed by atoms with van der Waals surface area (Å²) in [5, 5.41) is 25.5. The monoisotopic (exact) mass is 445 g/mol. The highest BCUT2D eigenvalue weighted by Gasteiger charge is 2.57. The Morgan fingerprint density at radius 2 is 2.09 bits per heavy atom. The maximum atomic E-state index is 13.3. The second-order valence-corrected chi connectivity index (χ2v) is 8.12. The van der Waals surface area contributed by atoms with Gasteiger partial charge in [0, 0.05) is 25.4 Å². The van der Waals surface area contributed by atoms with E-state index in [1.165, 1.54) is 19.1 Å². The van der Waals surface area contributed by atoms with E-state index in [0.717, 1.165) is 24.9 Å². The van der Waals surface area contributed by atoms with Crippen LogP contribution in [0.4, 0.5) is 24.7 Å². The maximum absolute atomic E-state index is 13.3. The number of H-pyrrole nitrogens is 1. The van der Waals surface area contributed by atoms with Gasteiger partial charge in [-0.05, 0) is 60.9 Å². The highest BCUT2D eigenvalue weighted by molar-refractivity contribution is 5.91. The first kappa shape index (κ1) is 21.9. The van der Waals surface area contributed by atoms with Crippen LogP contribution < -0.4 is 10.9 Å². The molecule has 7 nitrogen and oxygen atoms in total. The molecular formula is C22H22F3N5O2. The number of aliphatic hydroxyl groups is 1. The van der Waals surface area contributed by atoms with Crippen LogP contribution in [0.2, 0.25) is 0 Å². The lowest BCUT2D eigenvalue weighted by Gasteiger charge is -2.26. The van der Waals surface area contributed by atoms with Crippen molar-refractivity contribution in [3.63, 3.8) is 0 Å². The first-order valence-corrected chi connectivity index (χ1v) is 10.3. The molecule has 0 aliphatic heterocycles. The Balaban J connectivity index is 0.000000775. The molecule has 5 rings (SSSR count). The minimum absolute atomic E-state index is 0.113. The van der Waals surface area contributed by atoms with Crippen LogP contribution in [0.15, 0.2) is 35.3 Å². The summed E-state index contributed by atoms with van der Waals surface area (Å²) in [6, 6.07) is 7.90. The number of aromatic nitrogens is 3. The van der Waals surface area contributed by atoms with E-state index in [0.29, 0.717) is 28.4 Å². The number of rotatable bonds is 4. The van der Waals surface area contributed by atoms with E-state index in [2.05, 4.69) is 15.4 Å². The molecule has 2 aliphatic rings. The molecule has 32 heavy (non-hydrogen) atoms. The van der Waals surface area contributed by atoms with Gasteiger partial charge in [-0.2, -0.15) is 23.5 Å². The largest absolute Gasteiger partial charge is 0.421 e. The van der Waals surface area contributed by atoms with Gasteiger partial charge in [-0.3, -0.25) is 9.48 Å². The number of fused-ring (bicyclic) bond motifs is 2. The topological polar surface area (TPSA) is 107 Å². The average molecular weight is 445 g/mol. The molecule has 1 atom stereocenters. The normalized spacial score (nSPS) is 19.8. The highest BCUT2D eigenvalue weighted by atomic mass is 19.4. The summed E-state index contributed by atoms with van der Waals surface area (Å²) in [5.41, 5.74) is -1.52. The predicted molar refractivity (Wildman–Crippen MR) is 112 cm³/mol. The van der Waals surface area contributed by atoms with E-state index in [9.17, 15) is 23.1 Å². The Labute approximate surface area is 181 Å². The fraction of sp³-hybridized carbons (Fsp3) is 0.409. The van der Waals surface area contributed by atoms with Crippen molar-refractivity contribution >= 4 is 22.4 Å². The van der Waals surface area contributed by atoms with Crippen molar-refractivity contribution in [3.05, 3.63) is 51.9 Å². The van der Waals surface area contributed by atoms with E-state index in [1.807, 2.05) is 0 Å². The summed E-state index contributed by atoms with van der Waals surface area (Å²) in [4.78, 5) is 15.0. The SMILES string of the molecule is CC#N.O=c1[nH]ccc2c1c(Nc1ccc3c(c1)CCC3(O)C(F)(F)F)nn2CC1CC1. The van der Waals surface area contributed by atoms with Gasteiger partial charge in [0.25, 0.3) is 5.56 Å². The number of anilines is 2. The molecule has 3 aromatic rings. The van der Waals surface area contributed by atoms with E-state index >= 15 is 0 Å². The molecule has 3 N–H and O–H groups in total. The third-order valence-electron chi connectivity index (χ3n) is 5.84. The van der Waals surface area contributed by atoms with E-state index < -0.39 is 18.2 Å². The van der Waals surface area contributed by atoms with Crippen molar-refractivity contribution < 1.29 is 18.3 Å². The zero-order valence-corrected chi connectivity index (χ0v) is 17.3. The van der Waals surface area contributed by atoms with E-state index in [-0.39, 0.29) is 17.5 Å². The van der Waals surface area contributed by atoms with Crippen LogP contribution in [0.3, 0.4) is 0 Å². The van der Waals surface area contributed by atoms with Crippen LogP contribution in [-0.2, 0) is 18.6 Å². The quantitative estimate of drug-likeness (QED) is 0.561. The molecule has 168 valence electrons. The molecule has 10 heteroatoms. The number of hydrogen-bond acceptors (Lipinski definition) is 5. The summed E-state index contributed by atoms with van der Waals surface area (Å²) < 4.78 is 41.7. The second-order valence-electron chi connectivity index (χ2n) is 8.12. The first-order valence-electron chi connectivity index (χ1n) is 10.3. The molecule has 1 aromatic carbocycles. The van der Waals surface area contributed by atoms with Gasteiger partial charge >= 0.3 is 6.18 Å². The minimum atomic E-state index is -4.72. The van der Waals surface area contributed by atoms with Gasteiger partial charge in [-0.1, -0.05) is 6.07 Å². The summed E-state index contributed by atoms with van der Waals surface area (Å²) >= 11 is 0. The first-order chi connectivity index (χ1) is 15.2. The van der Waals surface area contributed by atoms with Crippen molar-refractivity contribution in [1.29, 1.82) is 5.26 Å². The van der Waals surface area contributed by atoms with Crippen molar-refractivity contribution in [2.75, 3.05) is 5.32 Å². The summed E-state index contributed by atoms with van der Waals surface area (Å²) in [6.45, 7) is 2.16. The lowest BCUT2D eigenvalue weighted by Crippen LogP contribution is -2.40. The van der Waals surface area contributed by atoms with Gasteiger partial charge in [0.15, 0.2) is 11.4 Å². The third-order valence-corrected chi connectivity index (χ3v) is 5.84. The molecule has 1 saturated carbocycles. The predicted octanol–water partition coefficient (Wildman–Crippen LogP) is 4.10. The Morgan fingerprint density at radius 3 is 2.75 bits per heavy atom. The fourth-order valence-electron chi connectivity index (χ4n) is 4.07. The Hall–Kier alpha value is -3.32. The zero-order valence-electron chi connectivity index (χ0n) is 17.3. The van der Waals surface area contributed by atoms with Gasteiger partial charge in [0.2, 0.25) is 0 Å². The number of halogens is 3. The minimum Gasteiger partial charge on any atom is -0.376 e. The third kappa shape index (κ3) is 3.84. The number of nitrogens with zero attached hydrogens (tertiary/aromatic N) is 3. The zero-order chi connectivity index (χ0) is 23.1. The summed E-state index contributed by atoms with van der Waals surface area (Å²) in [6.07, 6.45) is -1.14. The summed E-state index contributed by atoms with van der Waals surface area (Å²) in [5.74, 6) is 0.928. The fourth-order valence-corrected chi connectivity index (χ4v) is 4.07. The van der Waals surface area contributed by atoms with Crippen LogP contribution >= 0.6 is 0 Å². The van der Waals surface area contributed by atoms with Crippen molar-refractivity contribution in [1.82, 2.24) is 14.8 Å². The van der Waals surface area contributed by atoms with Crippen LogP contribution in [-0.4, -0.2) is 26.0 Å². The van der Waals surface area contributed by atoms with E-state index in [4.69, 9.17) is 5.26 Å². The number of aryl methyl sites for hydroxylation is 1. The summed E-state index contributed by atoms with van der Waals surface area (Å²) in [7, 11) is 0. The number of nitrogens with one attached hydrogen (secondary N) is 2. The smallest absolute Gasteiger partial charge is 0.376 e. The van der Waals surface area contributed by atoms with Crippen molar-refractivity contribution in [2.45, 2.75) is 50.9 Å². The molecule has 0 amide bonds. The van der Waals surface area contributed by atoms with Gasteiger partial charge in [0.05, 0.1) is 11.6 Å². The Morgan fingerprint density at radius 1 is 1.38 bits per heavy atom. The molecule has 1 unspecified atom stereocenters. The molecule has 2 aliphatic carbocycles. The molecule has 1 fully saturated rings. The number of benzene rings is 1. The number of alkyl halides is 3. The van der Waals surface area contributed by atoms with Gasteiger partial charge in [0.1, 0.15) is 5.39 Å². The van der Waals surface area contributed by atoms with Crippen LogP contribution in [0.5, 0.6) is 0 Å². The van der Waals surface area contributed by atoms with Gasteiger partial charge in [-0.15, -0.1) is 0 Å². The molecular weight excluding hydrogens is 423 g/mol. The standard InChI is InChI=1S/C20H19F3N4O2.C2H3N/c21-20(22,23)19(29)7-5-12-9-13(3-4-14(12)19)25-17-16-15(6-8-24-18(16)28)27(26-17)10-11-1-2-11;1-2-3/h3-4,6,8-9,11,29H,1-2,5,7,10H2,(H,24,28)(H,25,26);1H3. The van der Waals surface area contributed by atoms with Gasteiger partial charge in [-0.25, -0.2) is 0 Å². The van der Waals surface area contributed by atoms with Crippen molar-refractivity contribution in [2.24, 2.45) is 5.92 Å². The van der Waals surface area contributed by atoms with Crippen LogP contribution in [0.25, 0.3) is 10.9 Å². The van der Waals surface area contributed by atoms with Crippen LogP contribution in [0.1, 0.15) is 37.3 Å². The number of hydrogen-bond donors (Lipinski definition) is 3. The maximum Gasteiger partial charge on any atom is 0.421 e. The average Bonchev–Trinajstić information content (AvgIpc) is 3.38. The number of aromatic amines is 1. The molecule has 0 radical (unpaired) electrons. The molecule has 0 saturated heterocycles. The van der Waals surface area contributed by atoms with Gasteiger partial charge < -0.3 is 15.4 Å². The Kier molecular flexibility index (Phi) is 5.46.